The number of benzene rings is 1. The molecule has 1 aromatic carbocycles. The molecule has 0 heterocycles. The molecule has 5 heteroatoms. The van der Waals surface area contributed by atoms with Gasteiger partial charge in [0.2, 0.25) is 0 Å². The van der Waals surface area contributed by atoms with Gasteiger partial charge in [0.05, 0.1) is 7.11 Å². The summed E-state index contributed by atoms with van der Waals surface area (Å²) in [5.74, 6) is 0.947. The van der Waals surface area contributed by atoms with Crippen LogP contribution in [0.3, 0.4) is 0 Å². The normalized spacial score (nSPS) is 17.1. The Bertz CT molecular complexity index is 443. The quantitative estimate of drug-likeness (QED) is 0.380. The van der Waals surface area contributed by atoms with Gasteiger partial charge in [0, 0.05) is 15.7 Å². The van der Waals surface area contributed by atoms with Gasteiger partial charge >= 0.3 is 0 Å². The lowest BCUT2D eigenvalue weighted by Gasteiger charge is -2.13. The molecule has 1 saturated carbocycles. The van der Waals surface area contributed by atoms with Gasteiger partial charge in [-0.05, 0) is 31.0 Å². The molecule has 4 nitrogen and oxygen atoms in total. The molecule has 1 fully saturated rings. The molecule has 0 saturated heterocycles. The molecule has 0 bridgehead atoms. The van der Waals surface area contributed by atoms with Crippen LogP contribution in [-0.2, 0) is 0 Å². The molecule has 2 rings (SSSR count). The second kappa shape index (κ2) is 6.00. The zero-order chi connectivity index (χ0) is 13.0. The monoisotopic (exact) mass is 266 g/mol. The third kappa shape index (κ3) is 2.90. The summed E-state index contributed by atoms with van der Waals surface area (Å²) in [6.07, 6.45) is 5.05. The van der Waals surface area contributed by atoms with Crippen molar-refractivity contribution in [2.75, 3.05) is 7.11 Å². The number of hydrogen-bond acceptors (Lipinski definition) is 4. The number of oxime groups is 1. The van der Waals surface area contributed by atoms with E-state index < -0.39 is 0 Å². The number of ether oxygens (including phenoxy) is 1. The summed E-state index contributed by atoms with van der Waals surface area (Å²) < 4.78 is 5.23. The van der Waals surface area contributed by atoms with Crippen LogP contribution in [-0.4, -0.2) is 23.4 Å². The van der Waals surface area contributed by atoms with E-state index in [0.717, 1.165) is 16.2 Å². The Balaban J connectivity index is 2.28. The molecule has 0 spiro atoms. The predicted octanol–water partition coefficient (Wildman–Crippen LogP) is 2.82. The Morgan fingerprint density at radius 2 is 2.17 bits per heavy atom. The Labute approximate surface area is 111 Å². The van der Waals surface area contributed by atoms with Crippen LogP contribution in [0.1, 0.15) is 31.2 Å². The molecule has 98 valence electrons. The summed E-state index contributed by atoms with van der Waals surface area (Å²) in [5.41, 5.74) is 6.48. The van der Waals surface area contributed by atoms with Crippen LogP contribution in [0.5, 0.6) is 5.75 Å². The van der Waals surface area contributed by atoms with Gasteiger partial charge < -0.3 is 15.7 Å². The van der Waals surface area contributed by atoms with Crippen LogP contribution in [0.2, 0.25) is 0 Å². The van der Waals surface area contributed by atoms with Gasteiger partial charge in [-0.2, -0.15) is 0 Å². The first kappa shape index (κ1) is 13.1. The molecule has 0 atom stereocenters. The minimum Gasteiger partial charge on any atom is -0.497 e. The summed E-state index contributed by atoms with van der Waals surface area (Å²) in [7, 11) is 1.64. The van der Waals surface area contributed by atoms with E-state index >= 15 is 0 Å². The van der Waals surface area contributed by atoms with Crippen molar-refractivity contribution in [1.29, 1.82) is 0 Å². The topological polar surface area (TPSA) is 67.8 Å². The van der Waals surface area contributed by atoms with Crippen LogP contribution in [0.25, 0.3) is 0 Å². The molecule has 0 aromatic heterocycles. The van der Waals surface area contributed by atoms with E-state index in [1.165, 1.54) is 25.7 Å². The number of thioether (sulfide) groups is 1. The zero-order valence-electron chi connectivity index (χ0n) is 10.4. The maximum Gasteiger partial charge on any atom is 0.171 e. The maximum atomic E-state index is 8.82. The van der Waals surface area contributed by atoms with Crippen LogP contribution in [0.15, 0.2) is 28.3 Å². The molecule has 1 aliphatic carbocycles. The third-order valence-electron chi connectivity index (χ3n) is 3.17. The summed E-state index contributed by atoms with van der Waals surface area (Å²) in [4.78, 5) is 1.02. The SMILES string of the molecule is COc1ccc(/C(N)=N/O)c(SC2CCCC2)c1. The van der Waals surface area contributed by atoms with Crippen molar-refractivity contribution >= 4 is 17.6 Å². The first-order chi connectivity index (χ1) is 8.74. The van der Waals surface area contributed by atoms with E-state index in [0.29, 0.717) is 5.25 Å². The molecule has 1 aromatic rings. The van der Waals surface area contributed by atoms with Gasteiger partial charge in [0.25, 0.3) is 0 Å². The number of nitrogens with two attached hydrogens (primary N) is 1. The number of amidine groups is 1. The van der Waals surface area contributed by atoms with Crippen molar-refractivity contribution in [3.63, 3.8) is 0 Å². The fraction of sp³-hybridized carbons (Fsp3) is 0.462. The number of methoxy groups -OCH3 is 1. The first-order valence-corrected chi connectivity index (χ1v) is 6.95. The first-order valence-electron chi connectivity index (χ1n) is 6.07. The fourth-order valence-electron chi connectivity index (χ4n) is 2.18. The molecule has 1 aliphatic rings. The summed E-state index contributed by atoms with van der Waals surface area (Å²) in [5, 5.41) is 12.5. The summed E-state index contributed by atoms with van der Waals surface area (Å²) >= 11 is 1.80. The van der Waals surface area contributed by atoms with Gasteiger partial charge in [-0.1, -0.05) is 18.0 Å². The molecule has 0 aliphatic heterocycles. The van der Waals surface area contributed by atoms with Crippen LogP contribution in [0.4, 0.5) is 0 Å². The Morgan fingerprint density at radius 3 is 2.78 bits per heavy atom. The molecular formula is C13H18N2O2S. The average Bonchev–Trinajstić information content (AvgIpc) is 2.90. The number of rotatable bonds is 4. The van der Waals surface area contributed by atoms with Crippen LogP contribution >= 0.6 is 11.8 Å². The van der Waals surface area contributed by atoms with E-state index in [4.69, 9.17) is 15.7 Å². The lowest BCUT2D eigenvalue weighted by molar-refractivity contribution is 0.318. The van der Waals surface area contributed by atoms with E-state index in [1.54, 1.807) is 18.9 Å². The predicted molar refractivity (Wildman–Crippen MR) is 73.6 cm³/mol. The minimum atomic E-state index is 0.151. The summed E-state index contributed by atoms with van der Waals surface area (Å²) in [6, 6.07) is 5.62. The molecule has 3 N–H and O–H groups in total. The molecule has 0 unspecified atom stereocenters. The van der Waals surface area contributed by atoms with Gasteiger partial charge in [0.1, 0.15) is 5.75 Å². The number of nitrogens with zero attached hydrogens (tertiary/aromatic N) is 1. The fourth-order valence-corrected chi connectivity index (χ4v) is 3.59. The standard InChI is InChI=1S/C13H18N2O2S/c1-17-9-6-7-11(13(14)15-16)12(8-9)18-10-4-2-3-5-10/h6-8,10,16H,2-5H2,1H3,(H2,14,15). The highest BCUT2D eigenvalue weighted by molar-refractivity contribution is 8.00. The van der Waals surface area contributed by atoms with Crippen molar-refractivity contribution < 1.29 is 9.94 Å². The smallest absolute Gasteiger partial charge is 0.171 e. The Kier molecular flexibility index (Phi) is 4.36. The highest BCUT2D eigenvalue weighted by Gasteiger charge is 2.19. The van der Waals surface area contributed by atoms with Gasteiger partial charge in [-0.3, -0.25) is 0 Å². The summed E-state index contributed by atoms with van der Waals surface area (Å²) in [6.45, 7) is 0. The molecule has 18 heavy (non-hydrogen) atoms. The van der Waals surface area contributed by atoms with Gasteiger partial charge in [-0.15, -0.1) is 11.8 Å². The van der Waals surface area contributed by atoms with Crippen LogP contribution < -0.4 is 10.5 Å². The number of hydrogen-bond donors (Lipinski definition) is 2. The lowest BCUT2D eigenvalue weighted by Crippen LogP contribution is -2.14. The van der Waals surface area contributed by atoms with Gasteiger partial charge in [-0.25, -0.2) is 0 Å². The highest BCUT2D eigenvalue weighted by atomic mass is 32.2. The third-order valence-corrected chi connectivity index (χ3v) is 4.56. The van der Waals surface area contributed by atoms with Crippen molar-refractivity contribution in [1.82, 2.24) is 0 Å². The van der Waals surface area contributed by atoms with Crippen molar-refractivity contribution in [3.8, 4) is 5.75 Å². The van der Waals surface area contributed by atoms with Gasteiger partial charge in [0.15, 0.2) is 5.84 Å². The largest absolute Gasteiger partial charge is 0.497 e. The Morgan fingerprint density at radius 1 is 1.44 bits per heavy atom. The van der Waals surface area contributed by atoms with Crippen LogP contribution in [0, 0.1) is 0 Å². The van der Waals surface area contributed by atoms with E-state index in [9.17, 15) is 0 Å². The second-order valence-electron chi connectivity index (χ2n) is 4.37. The molecular weight excluding hydrogens is 248 g/mol. The van der Waals surface area contributed by atoms with E-state index in [-0.39, 0.29) is 5.84 Å². The highest BCUT2D eigenvalue weighted by Crippen LogP contribution is 2.37. The maximum absolute atomic E-state index is 8.82. The molecule has 0 radical (unpaired) electrons. The minimum absolute atomic E-state index is 0.151. The second-order valence-corrected chi connectivity index (χ2v) is 5.71. The van der Waals surface area contributed by atoms with E-state index in [1.807, 2.05) is 18.2 Å². The molecule has 0 amide bonds. The van der Waals surface area contributed by atoms with Crippen molar-refractivity contribution in [2.24, 2.45) is 10.9 Å². The zero-order valence-corrected chi connectivity index (χ0v) is 11.2. The lowest BCUT2D eigenvalue weighted by atomic mass is 10.2. The van der Waals surface area contributed by atoms with E-state index in [2.05, 4.69) is 5.16 Å². The Hall–Kier alpha value is -1.36. The van der Waals surface area contributed by atoms with Crippen molar-refractivity contribution in [2.45, 2.75) is 35.8 Å². The van der Waals surface area contributed by atoms with Crippen molar-refractivity contribution in [3.05, 3.63) is 23.8 Å². The average molecular weight is 266 g/mol.